The van der Waals surface area contributed by atoms with Crippen LogP contribution < -0.4 is 10.2 Å². The minimum Gasteiger partial charge on any atom is -0.391 e. The van der Waals surface area contributed by atoms with Gasteiger partial charge in [-0.2, -0.15) is 0 Å². The van der Waals surface area contributed by atoms with Gasteiger partial charge in [0.05, 0.1) is 17.5 Å². The van der Waals surface area contributed by atoms with Gasteiger partial charge in [-0.1, -0.05) is 30.3 Å². The molecule has 0 aliphatic carbocycles. The summed E-state index contributed by atoms with van der Waals surface area (Å²) in [5.74, 6) is -1.30. The second-order valence-electron chi connectivity index (χ2n) is 6.41. The Bertz CT molecular complexity index is 779. The van der Waals surface area contributed by atoms with E-state index in [2.05, 4.69) is 5.32 Å². The Morgan fingerprint density at radius 1 is 1.12 bits per heavy atom. The van der Waals surface area contributed by atoms with E-state index in [1.165, 1.54) is 4.90 Å². The molecular weight excluding hydrogens is 330 g/mol. The minimum atomic E-state index is -0.687. The van der Waals surface area contributed by atoms with Gasteiger partial charge >= 0.3 is 11.8 Å². The summed E-state index contributed by atoms with van der Waals surface area (Å²) >= 11 is 0. The van der Waals surface area contributed by atoms with Crippen molar-refractivity contribution in [1.29, 1.82) is 0 Å². The van der Waals surface area contributed by atoms with Gasteiger partial charge in [-0.3, -0.25) is 9.59 Å². The molecule has 0 aromatic heterocycles. The number of nitrogens with zero attached hydrogens (tertiary/aromatic N) is 2. The summed E-state index contributed by atoms with van der Waals surface area (Å²) in [6.45, 7) is 0.701. The topological polar surface area (TPSA) is 72.9 Å². The zero-order valence-electron chi connectivity index (χ0n) is 14.8. The number of para-hydroxylation sites is 3. The third-order valence-electron chi connectivity index (χ3n) is 4.54. The molecule has 0 spiro atoms. The molecule has 1 aliphatic heterocycles. The number of nitrogens with one attached hydrogen (secondary N) is 1. The van der Waals surface area contributed by atoms with Gasteiger partial charge in [0.2, 0.25) is 0 Å². The first-order valence-corrected chi connectivity index (χ1v) is 8.72. The summed E-state index contributed by atoms with van der Waals surface area (Å²) in [6, 6.07) is 17.1. The zero-order valence-corrected chi connectivity index (χ0v) is 14.8. The van der Waals surface area contributed by atoms with Crippen molar-refractivity contribution in [2.24, 2.45) is 0 Å². The molecule has 0 unspecified atom stereocenters. The molecule has 0 bridgehead atoms. The fourth-order valence-corrected chi connectivity index (χ4v) is 3.12. The van der Waals surface area contributed by atoms with Crippen LogP contribution in [0.25, 0.3) is 0 Å². The quantitative estimate of drug-likeness (QED) is 0.831. The van der Waals surface area contributed by atoms with Crippen molar-refractivity contribution >= 4 is 28.9 Å². The fourth-order valence-electron chi connectivity index (χ4n) is 3.12. The summed E-state index contributed by atoms with van der Waals surface area (Å²) in [5.41, 5.74) is 2.33. The molecule has 2 aromatic carbocycles. The highest BCUT2D eigenvalue weighted by Gasteiger charge is 2.27. The second-order valence-corrected chi connectivity index (χ2v) is 6.41. The Hall–Kier alpha value is -2.86. The number of hydrogen-bond acceptors (Lipinski definition) is 4. The molecule has 0 saturated carbocycles. The van der Waals surface area contributed by atoms with Crippen molar-refractivity contribution in [2.45, 2.75) is 18.9 Å². The van der Waals surface area contributed by atoms with E-state index in [9.17, 15) is 14.7 Å². The van der Waals surface area contributed by atoms with Gasteiger partial charge in [-0.15, -0.1) is 0 Å². The highest BCUT2D eigenvalue weighted by atomic mass is 16.3. The first-order chi connectivity index (χ1) is 12.6. The fraction of sp³-hybridized carbons (Fsp3) is 0.300. The lowest BCUT2D eigenvalue weighted by Crippen LogP contribution is -2.46. The number of amides is 2. The number of carbonyl (C=O) groups is 2. The van der Waals surface area contributed by atoms with Gasteiger partial charge in [0.1, 0.15) is 0 Å². The van der Waals surface area contributed by atoms with Crippen molar-refractivity contribution < 1.29 is 14.7 Å². The molecule has 6 heteroatoms. The van der Waals surface area contributed by atoms with Crippen LogP contribution in [0.3, 0.4) is 0 Å². The lowest BCUT2D eigenvalue weighted by molar-refractivity contribution is -0.145. The summed E-state index contributed by atoms with van der Waals surface area (Å²) in [5, 5.41) is 12.4. The van der Waals surface area contributed by atoms with Crippen molar-refractivity contribution in [3.05, 3.63) is 54.6 Å². The number of hydrogen-bond donors (Lipinski definition) is 2. The molecule has 1 aliphatic rings. The SMILES string of the molecule is CN(c1ccccc1)c1ccccc1NC(=O)C(=O)N1CCC[C@@H](O)C1. The van der Waals surface area contributed by atoms with Crippen LogP contribution in [0.4, 0.5) is 17.1 Å². The van der Waals surface area contributed by atoms with Crippen LogP contribution in [-0.4, -0.2) is 48.1 Å². The monoisotopic (exact) mass is 353 g/mol. The van der Waals surface area contributed by atoms with Crippen molar-refractivity contribution in [2.75, 3.05) is 30.4 Å². The van der Waals surface area contributed by atoms with Gasteiger partial charge in [0.15, 0.2) is 0 Å². The maximum atomic E-state index is 12.4. The molecule has 6 nitrogen and oxygen atoms in total. The number of likely N-dealkylation sites (tertiary alicyclic amines) is 1. The highest BCUT2D eigenvalue weighted by Crippen LogP contribution is 2.30. The van der Waals surface area contributed by atoms with Crippen LogP contribution >= 0.6 is 0 Å². The Kier molecular flexibility index (Phi) is 5.53. The standard InChI is InChI=1S/C20H23N3O3/c1-22(15-8-3-2-4-9-15)18-12-6-5-11-17(18)21-19(25)20(26)23-13-7-10-16(24)14-23/h2-6,8-9,11-12,16,24H,7,10,13-14H2,1H3,(H,21,25)/t16-/m1/s1. The summed E-state index contributed by atoms with van der Waals surface area (Å²) in [6.07, 6.45) is 0.806. The normalized spacial score (nSPS) is 16.8. The molecule has 3 rings (SSSR count). The van der Waals surface area contributed by atoms with E-state index < -0.39 is 17.9 Å². The van der Waals surface area contributed by atoms with Crippen molar-refractivity contribution in [1.82, 2.24) is 4.90 Å². The van der Waals surface area contributed by atoms with Crippen LogP contribution in [0, 0.1) is 0 Å². The average Bonchev–Trinajstić information content (AvgIpc) is 2.68. The van der Waals surface area contributed by atoms with E-state index in [0.29, 0.717) is 25.1 Å². The molecule has 0 radical (unpaired) electrons. The lowest BCUT2D eigenvalue weighted by Gasteiger charge is -2.29. The Labute approximate surface area is 153 Å². The number of aliphatic hydroxyl groups excluding tert-OH is 1. The molecule has 2 N–H and O–H groups in total. The molecule has 136 valence electrons. The molecule has 2 amide bonds. The third-order valence-corrected chi connectivity index (χ3v) is 4.54. The van der Waals surface area contributed by atoms with Gasteiger partial charge in [-0.25, -0.2) is 0 Å². The van der Waals surface area contributed by atoms with Crippen molar-refractivity contribution in [3.8, 4) is 0 Å². The van der Waals surface area contributed by atoms with Crippen LogP contribution in [0.1, 0.15) is 12.8 Å². The van der Waals surface area contributed by atoms with Crippen molar-refractivity contribution in [3.63, 3.8) is 0 Å². The maximum absolute atomic E-state index is 12.4. The van der Waals surface area contributed by atoms with Crippen LogP contribution in [0.15, 0.2) is 54.6 Å². The Balaban J connectivity index is 1.76. The predicted molar refractivity (Wildman–Crippen MR) is 101 cm³/mol. The molecule has 2 aromatic rings. The minimum absolute atomic E-state index is 0.206. The van der Waals surface area contributed by atoms with E-state index in [-0.39, 0.29) is 6.54 Å². The lowest BCUT2D eigenvalue weighted by atomic mass is 10.1. The van der Waals surface area contributed by atoms with Gasteiger partial charge < -0.3 is 20.2 Å². The Morgan fingerprint density at radius 3 is 2.54 bits per heavy atom. The number of benzene rings is 2. The number of β-amino-alcohol motifs (C(OH)–C–C–N with tert-alkyl or cyclic N) is 1. The van der Waals surface area contributed by atoms with E-state index in [1.54, 1.807) is 6.07 Å². The predicted octanol–water partition coefficient (Wildman–Crippen LogP) is 2.38. The summed E-state index contributed by atoms with van der Waals surface area (Å²) < 4.78 is 0. The molecule has 1 saturated heterocycles. The highest BCUT2D eigenvalue weighted by molar-refractivity contribution is 6.39. The van der Waals surface area contributed by atoms with Crippen LogP contribution in [-0.2, 0) is 9.59 Å². The average molecular weight is 353 g/mol. The molecular formula is C20H23N3O3. The first kappa shape index (κ1) is 17.9. The van der Waals surface area contributed by atoms with Crippen LogP contribution in [0.2, 0.25) is 0 Å². The van der Waals surface area contributed by atoms with Gasteiger partial charge in [0, 0.05) is 25.8 Å². The smallest absolute Gasteiger partial charge is 0.313 e. The summed E-state index contributed by atoms with van der Waals surface area (Å²) in [4.78, 5) is 28.2. The number of rotatable bonds is 3. The first-order valence-electron chi connectivity index (χ1n) is 8.72. The second kappa shape index (κ2) is 8.01. The number of anilines is 3. The third kappa shape index (κ3) is 4.03. The summed E-state index contributed by atoms with van der Waals surface area (Å²) in [7, 11) is 1.91. The number of piperidine rings is 1. The molecule has 1 fully saturated rings. The molecule has 1 heterocycles. The number of carbonyl (C=O) groups excluding carboxylic acids is 2. The number of aliphatic hydroxyl groups is 1. The largest absolute Gasteiger partial charge is 0.391 e. The van der Waals surface area contributed by atoms with Crippen LogP contribution in [0.5, 0.6) is 0 Å². The molecule has 26 heavy (non-hydrogen) atoms. The maximum Gasteiger partial charge on any atom is 0.313 e. The van der Waals surface area contributed by atoms with Gasteiger partial charge in [-0.05, 0) is 37.1 Å². The van der Waals surface area contributed by atoms with Gasteiger partial charge in [0.25, 0.3) is 0 Å². The molecule has 1 atom stereocenters. The van der Waals surface area contributed by atoms with E-state index in [1.807, 2.05) is 60.5 Å². The zero-order chi connectivity index (χ0) is 18.5. The van der Waals surface area contributed by atoms with E-state index >= 15 is 0 Å². The van der Waals surface area contributed by atoms with E-state index in [4.69, 9.17) is 0 Å². The van der Waals surface area contributed by atoms with E-state index in [0.717, 1.165) is 11.4 Å². The Morgan fingerprint density at radius 2 is 1.81 bits per heavy atom.